The van der Waals surface area contributed by atoms with E-state index in [0.717, 1.165) is 22.8 Å². The number of ether oxygens (including phenoxy) is 1. The minimum absolute atomic E-state index is 0.122. The molecule has 1 aromatic carbocycles. The van der Waals surface area contributed by atoms with Crippen LogP contribution in [0.5, 0.6) is 5.75 Å². The number of carbonyl (C=O) groups excluding carboxylic acids is 1. The van der Waals surface area contributed by atoms with Crippen LogP contribution in [0, 0.1) is 19.8 Å². The molecule has 1 unspecified atom stereocenters. The maximum atomic E-state index is 13.2. The number of anilines is 1. The Bertz CT molecular complexity index is 807. The zero-order valence-electron chi connectivity index (χ0n) is 16.0. The van der Waals surface area contributed by atoms with Crippen LogP contribution in [-0.2, 0) is 18.3 Å². The van der Waals surface area contributed by atoms with Crippen LogP contribution >= 0.6 is 0 Å². The zero-order chi connectivity index (χ0) is 18.4. The second-order valence-corrected chi connectivity index (χ2v) is 7.63. The average Bonchev–Trinajstić information content (AvgIpc) is 2.78. The van der Waals surface area contributed by atoms with Crippen molar-refractivity contribution in [3.63, 3.8) is 0 Å². The van der Waals surface area contributed by atoms with Crippen molar-refractivity contribution in [2.75, 3.05) is 11.4 Å². The molecule has 3 rings (SSSR count). The first-order chi connectivity index (χ1) is 11.7. The van der Waals surface area contributed by atoms with Gasteiger partial charge in [0.05, 0.1) is 17.9 Å². The molecular weight excluding hydrogens is 314 g/mol. The highest BCUT2D eigenvalue weighted by atomic mass is 16.5. The summed E-state index contributed by atoms with van der Waals surface area (Å²) >= 11 is 0. The minimum Gasteiger partial charge on any atom is -0.484 e. The lowest BCUT2D eigenvalue weighted by Gasteiger charge is -2.40. The van der Waals surface area contributed by atoms with E-state index in [1.807, 2.05) is 68.6 Å². The van der Waals surface area contributed by atoms with Crippen LogP contribution in [-0.4, -0.2) is 27.8 Å². The molecule has 25 heavy (non-hydrogen) atoms. The number of nitrogens with zero attached hydrogens (tertiary/aromatic N) is 3. The molecule has 0 radical (unpaired) electrons. The normalized spacial score (nSPS) is 17.0. The summed E-state index contributed by atoms with van der Waals surface area (Å²) in [7, 11) is 1.94. The highest BCUT2D eigenvalue weighted by molar-refractivity contribution is 5.97. The van der Waals surface area contributed by atoms with E-state index in [1.54, 1.807) is 0 Å². The van der Waals surface area contributed by atoms with Crippen molar-refractivity contribution >= 4 is 11.6 Å². The van der Waals surface area contributed by atoms with Gasteiger partial charge < -0.3 is 9.64 Å². The standard InChI is InChI=1S/C20H27N3O2/c1-13(11-16-14(2)21-22(6)15(16)3)19(24)23-12-20(4,5)25-18-10-8-7-9-17(18)23/h7-10,13H,11-12H2,1-6H3. The first-order valence-electron chi connectivity index (χ1n) is 8.78. The highest BCUT2D eigenvalue weighted by Gasteiger charge is 2.36. The fourth-order valence-corrected chi connectivity index (χ4v) is 3.53. The topological polar surface area (TPSA) is 47.4 Å². The molecule has 0 saturated heterocycles. The summed E-state index contributed by atoms with van der Waals surface area (Å²) in [6, 6.07) is 7.77. The largest absolute Gasteiger partial charge is 0.484 e. The number of fused-ring (bicyclic) bond motifs is 1. The van der Waals surface area contributed by atoms with Crippen molar-refractivity contribution in [1.82, 2.24) is 9.78 Å². The Hall–Kier alpha value is -2.30. The molecule has 1 amide bonds. The number of aryl methyl sites for hydroxylation is 2. The molecule has 0 saturated carbocycles. The van der Waals surface area contributed by atoms with Crippen molar-refractivity contribution in [2.45, 2.75) is 46.6 Å². The molecule has 0 aliphatic carbocycles. The molecule has 1 atom stereocenters. The van der Waals surface area contributed by atoms with E-state index in [0.29, 0.717) is 13.0 Å². The molecule has 5 heteroatoms. The molecular formula is C20H27N3O2. The Balaban J connectivity index is 1.87. The van der Waals surface area contributed by atoms with Gasteiger partial charge in [0, 0.05) is 18.7 Å². The fraction of sp³-hybridized carbons (Fsp3) is 0.500. The molecule has 1 aliphatic rings. The fourth-order valence-electron chi connectivity index (χ4n) is 3.53. The summed E-state index contributed by atoms with van der Waals surface area (Å²) in [4.78, 5) is 15.1. The van der Waals surface area contributed by atoms with E-state index in [2.05, 4.69) is 12.0 Å². The summed E-state index contributed by atoms with van der Waals surface area (Å²) in [5, 5.41) is 4.47. The maximum absolute atomic E-state index is 13.2. The van der Waals surface area contributed by atoms with Gasteiger partial charge in [-0.3, -0.25) is 9.48 Å². The number of para-hydroxylation sites is 2. The molecule has 0 bridgehead atoms. The Morgan fingerprint density at radius 3 is 2.64 bits per heavy atom. The monoisotopic (exact) mass is 341 g/mol. The van der Waals surface area contributed by atoms with E-state index in [1.165, 1.54) is 5.56 Å². The van der Waals surface area contributed by atoms with Crippen molar-refractivity contribution in [3.8, 4) is 5.75 Å². The number of carbonyl (C=O) groups is 1. The third-order valence-corrected chi connectivity index (χ3v) is 4.94. The van der Waals surface area contributed by atoms with Gasteiger partial charge in [-0.15, -0.1) is 0 Å². The van der Waals surface area contributed by atoms with Crippen LogP contribution in [0.1, 0.15) is 37.7 Å². The summed E-state index contributed by atoms with van der Waals surface area (Å²) in [6.45, 7) is 10.6. The van der Waals surface area contributed by atoms with Gasteiger partial charge in [-0.05, 0) is 51.8 Å². The van der Waals surface area contributed by atoms with Crippen LogP contribution in [0.25, 0.3) is 0 Å². The van der Waals surface area contributed by atoms with Gasteiger partial charge in [0.2, 0.25) is 5.91 Å². The van der Waals surface area contributed by atoms with E-state index in [9.17, 15) is 4.79 Å². The lowest BCUT2D eigenvalue weighted by atomic mass is 9.96. The first kappa shape index (κ1) is 17.5. The van der Waals surface area contributed by atoms with Crippen LogP contribution in [0.15, 0.2) is 24.3 Å². The van der Waals surface area contributed by atoms with E-state index < -0.39 is 5.60 Å². The molecule has 134 valence electrons. The zero-order valence-corrected chi connectivity index (χ0v) is 16.0. The minimum atomic E-state index is -0.399. The lowest BCUT2D eigenvalue weighted by molar-refractivity contribution is -0.122. The third-order valence-electron chi connectivity index (χ3n) is 4.94. The Morgan fingerprint density at radius 1 is 1.32 bits per heavy atom. The van der Waals surface area contributed by atoms with Crippen molar-refractivity contribution in [2.24, 2.45) is 13.0 Å². The highest BCUT2D eigenvalue weighted by Crippen LogP contribution is 2.37. The summed E-state index contributed by atoms with van der Waals surface area (Å²) in [6.07, 6.45) is 0.699. The van der Waals surface area contributed by atoms with Crippen LogP contribution < -0.4 is 9.64 Å². The number of benzene rings is 1. The van der Waals surface area contributed by atoms with Gasteiger partial charge in [-0.1, -0.05) is 19.1 Å². The smallest absolute Gasteiger partial charge is 0.230 e. The molecule has 0 N–H and O–H groups in total. The number of rotatable bonds is 3. The van der Waals surface area contributed by atoms with Gasteiger partial charge in [0.15, 0.2) is 0 Å². The number of hydrogen-bond acceptors (Lipinski definition) is 3. The van der Waals surface area contributed by atoms with E-state index >= 15 is 0 Å². The van der Waals surface area contributed by atoms with Gasteiger partial charge in [0.25, 0.3) is 0 Å². The molecule has 5 nitrogen and oxygen atoms in total. The summed E-state index contributed by atoms with van der Waals surface area (Å²) in [5.41, 5.74) is 3.76. The predicted octanol–water partition coefficient (Wildman–Crippen LogP) is 3.42. The number of amides is 1. The second kappa shape index (κ2) is 6.21. The molecule has 0 spiro atoms. The predicted molar refractivity (Wildman–Crippen MR) is 99.1 cm³/mol. The average molecular weight is 341 g/mol. The van der Waals surface area contributed by atoms with Gasteiger partial charge in [0.1, 0.15) is 11.4 Å². The summed E-state index contributed by atoms with van der Waals surface area (Å²) < 4.78 is 7.92. The number of hydrogen-bond donors (Lipinski definition) is 0. The van der Waals surface area contributed by atoms with Gasteiger partial charge in [-0.25, -0.2) is 0 Å². The van der Waals surface area contributed by atoms with Crippen LogP contribution in [0.2, 0.25) is 0 Å². The maximum Gasteiger partial charge on any atom is 0.230 e. The molecule has 2 heterocycles. The lowest BCUT2D eigenvalue weighted by Crippen LogP contribution is -2.51. The molecule has 1 aromatic heterocycles. The quantitative estimate of drug-likeness (QED) is 0.859. The number of aromatic nitrogens is 2. The Labute approximate surface area is 149 Å². The molecule has 0 fully saturated rings. The molecule has 1 aliphatic heterocycles. The van der Waals surface area contributed by atoms with E-state index in [-0.39, 0.29) is 11.8 Å². The van der Waals surface area contributed by atoms with Gasteiger partial charge in [-0.2, -0.15) is 5.10 Å². The van der Waals surface area contributed by atoms with Gasteiger partial charge >= 0.3 is 0 Å². The van der Waals surface area contributed by atoms with E-state index in [4.69, 9.17) is 4.74 Å². The van der Waals surface area contributed by atoms with Crippen molar-refractivity contribution in [3.05, 3.63) is 41.2 Å². The second-order valence-electron chi connectivity index (χ2n) is 7.63. The first-order valence-corrected chi connectivity index (χ1v) is 8.78. The molecule has 2 aromatic rings. The van der Waals surface area contributed by atoms with Crippen molar-refractivity contribution < 1.29 is 9.53 Å². The van der Waals surface area contributed by atoms with Crippen LogP contribution in [0.4, 0.5) is 5.69 Å². The Morgan fingerprint density at radius 2 is 2.00 bits per heavy atom. The summed E-state index contributed by atoms with van der Waals surface area (Å²) in [5.74, 6) is 0.781. The third kappa shape index (κ3) is 3.28. The Kier molecular flexibility index (Phi) is 4.35. The van der Waals surface area contributed by atoms with Crippen molar-refractivity contribution in [1.29, 1.82) is 0 Å². The SMILES string of the molecule is Cc1nn(C)c(C)c1CC(C)C(=O)N1CC(C)(C)Oc2ccccc21. The van der Waals surface area contributed by atoms with Crippen LogP contribution in [0.3, 0.4) is 0 Å².